The molecule has 0 radical (unpaired) electrons. The maximum absolute atomic E-state index is 12.3. The lowest BCUT2D eigenvalue weighted by atomic mass is 9.46. The molecule has 9 heteroatoms. The van der Waals surface area contributed by atoms with Crippen LogP contribution in [-0.2, 0) is 6.42 Å². The van der Waals surface area contributed by atoms with E-state index in [-0.39, 0.29) is 24.5 Å². The van der Waals surface area contributed by atoms with Crippen LogP contribution in [-0.4, -0.2) is 45.2 Å². The lowest BCUT2D eigenvalue weighted by molar-refractivity contribution is 0.373. The van der Waals surface area contributed by atoms with Crippen LogP contribution in [0.5, 0.6) is 34.5 Å². The first-order valence-electron chi connectivity index (χ1n) is 19.2. The van der Waals surface area contributed by atoms with Crippen LogP contribution in [0.25, 0.3) is 86.2 Å². The van der Waals surface area contributed by atoms with Gasteiger partial charge in [-0.2, -0.15) is 0 Å². The van der Waals surface area contributed by atoms with Crippen molar-refractivity contribution in [2.45, 2.75) is 27.2 Å². The van der Waals surface area contributed by atoms with E-state index in [0.29, 0.717) is 68.6 Å². The van der Waals surface area contributed by atoms with Crippen molar-refractivity contribution in [3.63, 3.8) is 0 Å². The Kier molecular flexibility index (Phi) is 6.94. The van der Waals surface area contributed by atoms with Gasteiger partial charge in [0.2, 0.25) is 0 Å². The van der Waals surface area contributed by atoms with E-state index in [1.54, 1.807) is 18.3 Å². The van der Waals surface area contributed by atoms with E-state index in [4.69, 9.17) is 0 Å². The maximum atomic E-state index is 12.3. The summed E-state index contributed by atoms with van der Waals surface area (Å²) in [6.45, 7) is 5.65. The Labute approximate surface area is 332 Å². The van der Waals surface area contributed by atoms with Crippen LogP contribution >= 0.6 is 11.3 Å². The second-order valence-electron chi connectivity index (χ2n) is 15.5. The van der Waals surface area contributed by atoms with Crippen molar-refractivity contribution >= 4 is 89.5 Å². The Bertz CT molecular complexity index is 3300. The summed E-state index contributed by atoms with van der Waals surface area (Å²) in [7, 11) is 0.482. The van der Waals surface area contributed by atoms with Gasteiger partial charge < -0.3 is 30.6 Å². The molecule has 3 heterocycles. The van der Waals surface area contributed by atoms with Gasteiger partial charge in [0.05, 0.1) is 0 Å². The molecule has 6 nitrogen and oxygen atoms in total. The Morgan fingerprint density at radius 3 is 1.81 bits per heavy atom. The smallest absolute Gasteiger partial charge is 0.200 e. The van der Waals surface area contributed by atoms with Crippen LogP contribution in [0.2, 0.25) is 0 Å². The average Bonchev–Trinajstić information content (AvgIpc) is 3.62. The minimum atomic E-state index is -0.646. The van der Waals surface area contributed by atoms with Gasteiger partial charge in [0, 0.05) is 36.5 Å². The lowest BCUT2D eigenvalue weighted by Crippen LogP contribution is -2.45. The molecule has 2 aliphatic rings. The van der Waals surface area contributed by atoms with Crippen molar-refractivity contribution < 1.29 is 30.6 Å². The fourth-order valence-corrected chi connectivity index (χ4v) is 11.3. The van der Waals surface area contributed by atoms with E-state index >= 15 is 0 Å². The van der Waals surface area contributed by atoms with E-state index < -0.39 is 17.2 Å². The minimum absolute atomic E-state index is 0.0764. The molecule has 0 bridgehead atoms. The Morgan fingerprint density at radius 1 is 0.439 bits per heavy atom. The van der Waals surface area contributed by atoms with Gasteiger partial charge in [-0.15, -0.1) is 11.3 Å². The molecule has 0 atom stereocenters. The highest BCUT2D eigenvalue weighted by molar-refractivity contribution is 7.26. The molecule has 57 heavy (non-hydrogen) atoms. The monoisotopic (exact) mass is 760 g/mol. The summed E-state index contributed by atoms with van der Waals surface area (Å²) in [4.78, 5) is 0. The van der Waals surface area contributed by atoms with Crippen LogP contribution in [0, 0.1) is 13.8 Å². The molecule has 8 aromatic carbocycles. The van der Waals surface area contributed by atoms with Crippen molar-refractivity contribution in [1.82, 2.24) is 0 Å². The van der Waals surface area contributed by atoms with E-state index in [2.05, 4.69) is 72.8 Å². The molecule has 0 saturated carbocycles. The van der Waals surface area contributed by atoms with Crippen LogP contribution < -0.4 is 21.9 Å². The highest BCUT2D eigenvalue weighted by Gasteiger charge is 2.39. The highest BCUT2D eigenvalue weighted by atomic mass is 32.1. The summed E-state index contributed by atoms with van der Waals surface area (Å²) in [5.74, 6) is -1.89. The zero-order valence-corrected chi connectivity index (χ0v) is 32.2. The number of benzene rings is 8. The topological polar surface area (TPSA) is 121 Å². The third-order valence-corrected chi connectivity index (χ3v) is 13.9. The molecule has 11 rings (SSSR count). The van der Waals surface area contributed by atoms with Crippen LogP contribution in [0.1, 0.15) is 23.6 Å². The fourth-order valence-electron chi connectivity index (χ4n) is 10.2. The number of hydrogen-bond donors (Lipinski definition) is 6. The number of rotatable bonds is 4. The summed E-state index contributed by atoms with van der Waals surface area (Å²) in [6.07, 6.45) is 0.610. The first-order valence-corrected chi connectivity index (χ1v) is 20.0. The number of fused-ring (bicyclic) bond motifs is 3. The van der Waals surface area contributed by atoms with Crippen molar-refractivity contribution in [2.75, 3.05) is 0 Å². The molecule has 0 fully saturated rings. The van der Waals surface area contributed by atoms with Crippen LogP contribution in [0.15, 0.2) is 91.0 Å². The second kappa shape index (κ2) is 11.7. The summed E-state index contributed by atoms with van der Waals surface area (Å²) < 4.78 is 2.40. The van der Waals surface area contributed by atoms with Crippen molar-refractivity contribution in [3.8, 4) is 79.0 Å². The molecule has 0 aliphatic carbocycles. The number of phenolic OH excluding ortho intramolecular Hbond substituents is 6. The summed E-state index contributed by atoms with van der Waals surface area (Å²) in [6, 6.07) is 31.5. The number of hydrogen-bond acceptors (Lipinski definition) is 7. The van der Waals surface area contributed by atoms with Crippen LogP contribution in [0.3, 0.4) is 0 Å². The molecule has 0 spiro atoms. The highest BCUT2D eigenvalue weighted by Crippen LogP contribution is 2.55. The quantitative estimate of drug-likeness (QED) is 0.0618. The third kappa shape index (κ3) is 4.27. The number of phenols is 6. The van der Waals surface area contributed by atoms with Gasteiger partial charge >= 0.3 is 0 Å². The lowest BCUT2D eigenvalue weighted by Gasteiger charge is -2.34. The number of aromatic hydroxyl groups is 6. The van der Waals surface area contributed by atoms with Crippen molar-refractivity contribution in [1.29, 1.82) is 0 Å². The predicted molar refractivity (Wildman–Crippen MR) is 238 cm³/mol. The van der Waals surface area contributed by atoms with Gasteiger partial charge in [-0.05, 0) is 110 Å². The molecule has 9 aromatic rings. The molecule has 0 amide bonds. The average molecular weight is 760 g/mol. The summed E-state index contributed by atoms with van der Waals surface area (Å²) >= 11 is 1.77. The number of thiophene rings is 1. The van der Waals surface area contributed by atoms with E-state index in [0.717, 1.165) is 49.7 Å². The van der Waals surface area contributed by atoms with Gasteiger partial charge in [0.25, 0.3) is 0 Å². The Hall–Kier alpha value is -6.57. The molecule has 0 unspecified atom stereocenters. The van der Waals surface area contributed by atoms with E-state index in [1.165, 1.54) is 20.2 Å². The van der Waals surface area contributed by atoms with Crippen molar-refractivity contribution in [3.05, 3.63) is 108 Å². The van der Waals surface area contributed by atoms with Gasteiger partial charge in [0.1, 0.15) is 5.75 Å². The molecule has 6 N–H and O–H groups in total. The maximum Gasteiger partial charge on any atom is 0.200 e. The standard InChI is InChI=1S/C48H34B2O6S/c1-4-25-20(2)43(51)36-31(37-35-33-34(36)40(25)50-42-38(33)39(21(3)44(52)46(42)54)49-41(35)47(55)48(56)45(37)53)24-16-14-23(15-17-24)30-26(22-10-6-5-7-11-22)18-19-29-32(30)27-12-8-9-13-28(27)57-29/h5-19,49-56H,4H2,1-3H3. The predicted octanol–water partition coefficient (Wildman–Crippen LogP) is 7.84. The molecular formula is C48H34B2O6S. The Morgan fingerprint density at radius 2 is 1.07 bits per heavy atom. The first-order chi connectivity index (χ1) is 27.6. The Balaban J connectivity index is 1.27. The van der Waals surface area contributed by atoms with Crippen LogP contribution in [0.4, 0.5) is 0 Å². The van der Waals surface area contributed by atoms with Crippen molar-refractivity contribution in [2.24, 2.45) is 0 Å². The first kappa shape index (κ1) is 33.7. The molecule has 274 valence electrons. The molecule has 2 aliphatic heterocycles. The molecule has 0 saturated heterocycles. The SMILES string of the molecule is CCc1c(C)c(O)c2c(-c3ccc(-c4c(-c5ccccc5)ccc5sc6ccccc6c45)cc3)c3c(O)c(O)c(O)c4c3c3c2c1Bc1c(O)c(O)c(C)c(c1-3)B4. The fraction of sp³-hybridized carbons (Fsp3) is 0.0833. The van der Waals surface area contributed by atoms with E-state index in [1.807, 2.05) is 32.0 Å². The summed E-state index contributed by atoms with van der Waals surface area (Å²) in [5, 5.41) is 74.5. The molecular weight excluding hydrogens is 726 g/mol. The van der Waals surface area contributed by atoms with Gasteiger partial charge in [0.15, 0.2) is 43.3 Å². The summed E-state index contributed by atoms with van der Waals surface area (Å²) in [5.41, 5.74) is 11.7. The van der Waals surface area contributed by atoms with E-state index in [9.17, 15) is 30.6 Å². The normalized spacial score (nSPS) is 12.5. The largest absolute Gasteiger partial charge is 0.507 e. The zero-order chi connectivity index (χ0) is 39.2. The minimum Gasteiger partial charge on any atom is -0.507 e. The second-order valence-corrected chi connectivity index (χ2v) is 16.6. The molecule has 1 aromatic heterocycles. The van der Waals surface area contributed by atoms with Gasteiger partial charge in [-0.3, -0.25) is 0 Å². The van der Waals surface area contributed by atoms with Gasteiger partial charge in [-0.1, -0.05) is 96.7 Å². The van der Waals surface area contributed by atoms with Gasteiger partial charge in [-0.25, -0.2) is 0 Å². The third-order valence-electron chi connectivity index (χ3n) is 12.8. The zero-order valence-electron chi connectivity index (χ0n) is 31.4.